The minimum atomic E-state index is -0.824. The van der Waals surface area contributed by atoms with Crippen molar-refractivity contribution in [3.05, 3.63) is 0 Å². The molecule has 7 heteroatoms. The van der Waals surface area contributed by atoms with E-state index in [1.165, 1.54) is 4.90 Å². The lowest BCUT2D eigenvalue weighted by Gasteiger charge is -2.38. The molecule has 0 aromatic rings. The average molecular weight is 295 g/mol. The van der Waals surface area contributed by atoms with Crippen molar-refractivity contribution < 1.29 is 19.5 Å². The van der Waals surface area contributed by atoms with E-state index in [1.54, 1.807) is 6.92 Å². The van der Waals surface area contributed by atoms with Gasteiger partial charge in [0.25, 0.3) is 0 Å². The van der Waals surface area contributed by atoms with Crippen LogP contribution in [0.15, 0.2) is 0 Å². The van der Waals surface area contributed by atoms with Crippen LogP contribution < -0.4 is 0 Å². The molecule has 2 saturated heterocycles. The molecule has 2 amide bonds. The number of carboxylic acid groups (broad SMARTS) is 1. The molecule has 0 radical (unpaired) electrons. The summed E-state index contributed by atoms with van der Waals surface area (Å²) in [5, 5.41) is 9.03. The number of hydrogen-bond acceptors (Lipinski definition) is 5. The van der Waals surface area contributed by atoms with Gasteiger partial charge >= 0.3 is 5.97 Å². The van der Waals surface area contributed by atoms with Gasteiger partial charge in [-0.25, -0.2) is 0 Å². The monoisotopic (exact) mass is 295 g/mol. The lowest BCUT2D eigenvalue weighted by Crippen LogP contribution is -2.55. The molecule has 0 aromatic carbocycles. The molecular formula is C14H21N3O4. The highest BCUT2D eigenvalue weighted by atomic mass is 16.4. The zero-order valence-electron chi connectivity index (χ0n) is 12.2. The SMILES string of the molecule is CC(C(=O)O)N1CCN(C2CC(=O)N(C3CC3)C2=O)CC1. The van der Waals surface area contributed by atoms with Crippen molar-refractivity contribution in [1.82, 2.24) is 14.7 Å². The summed E-state index contributed by atoms with van der Waals surface area (Å²) in [5.74, 6) is -0.924. The van der Waals surface area contributed by atoms with Gasteiger partial charge in [-0.3, -0.25) is 29.1 Å². The Morgan fingerprint density at radius 1 is 1.19 bits per heavy atom. The number of likely N-dealkylation sites (tertiary alicyclic amines) is 1. The number of hydrogen-bond donors (Lipinski definition) is 1. The fourth-order valence-electron chi connectivity index (χ4n) is 3.23. The molecule has 2 aliphatic heterocycles. The maximum Gasteiger partial charge on any atom is 0.320 e. The van der Waals surface area contributed by atoms with Crippen LogP contribution in [-0.4, -0.2) is 81.9 Å². The Balaban J connectivity index is 1.58. The van der Waals surface area contributed by atoms with Gasteiger partial charge in [-0.05, 0) is 19.8 Å². The Kier molecular flexibility index (Phi) is 3.71. The van der Waals surface area contributed by atoms with Crippen molar-refractivity contribution >= 4 is 17.8 Å². The van der Waals surface area contributed by atoms with Gasteiger partial charge in [0, 0.05) is 32.2 Å². The molecule has 21 heavy (non-hydrogen) atoms. The van der Waals surface area contributed by atoms with E-state index in [9.17, 15) is 14.4 Å². The van der Waals surface area contributed by atoms with Crippen molar-refractivity contribution in [3.8, 4) is 0 Å². The van der Waals surface area contributed by atoms with E-state index in [4.69, 9.17) is 5.11 Å². The molecule has 0 spiro atoms. The number of carbonyl (C=O) groups is 3. The predicted octanol–water partition coefficient (Wildman–Crippen LogP) is -0.633. The third kappa shape index (κ3) is 2.67. The van der Waals surface area contributed by atoms with E-state index in [0.717, 1.165) is 12.8 Å². The van der Waals surface area contributed by atoms with Crippen LogP contribution in [0.4, 0.5) is 0 Å². The summed E-state index contributed by atoms with van der Waals surface area (Å²) < 4.78 is 0. The lowest BCUT2D eigenvalue weighted by molar-refractivity contribution is -0.145. The Bertz CT molecular complexity index is 469. The van der Waals surface area contributed by atoms with Crippen molar-refractivity contribution in [2.75, 3.05) is 26.2 Å². The number of piperazine rings is 1. The fraction of sp³-hybridized carbons (Fsp3) is 0.786. The molecule has 3 rings (SSSR count). The topological polar surface area (TPSA) is 81.2 Å². The van der Waals surface area contributed by atoms with Crippen molar-refractivity contribution in [3.63, 3.8) is 0 Å². The van der Waals surface area contributed by atoms with E-state index in [0.29, 0.717) is 26.2 Å². The van der Waals surface area contributed by atoms with E-state index >= 15 is 0 Å². The first-order chi connectivity index (χ1) is 9.99. The number of amides is 2. The maximum absolute atomic E-state index is 12.4. The quantitative estimate of drug-likeness (QED) is 0.695. The van der Waals surface area contributed by atoms with E-state index in [1.807, 2.05) is 9.80 Å². The Labute approximate surface area is 123 Å². The van der Waals surface area contributed by atoms with Gasteiger partial charge in [0.2, 0.25) is 11.8 Å². The second-order valence-electron chi connectivity index (χ2n) is 6.14. The fourth-order valence-corrected chi connectivity index (χ4v) is 3.23. The van der Waals surface area contributed by atoms with Gasteiger partial charge in [0.1, 0.15) is 6.04 Å². The highest BCUT2D eigenvalue weighted by Gasteiger charge is 2.48. The summed E-state index contributed by atoms with van der Waals surface area (Å²) in [6.45, 7) is 4.19. The first-order valence-electron chi connectivity index (χ1n) is 7.56. The van der Waals surface area contributed by atoms with Crippen molar-refractivity contribution in [2.24, 2.45) is 0 Å². The summed E-state index contributed by atoms with van der Waals surface area (Å²) >= 11 is 0. The summed E-state index contributed by atoms with van der Waals surface area (Å²) in [6.07, 6.45) is 2.16. The zero-order valence-corrected chi connectivity index (χ0v) is 12.2. The Morgan fingerprint density at radius 3 is 2.33 bits per heavy atom. The van der Waals surface area contributed by atoms with E-state index < -0.39 is 12.0 Å². The number of carboxylic acids is 1. The maximum atomic E-state index is 12.4. The molecule has 3 aliphatic rings. The van der Waals surface area contributed by atoms with Crippen LogP contribution in [-0.2, 0) is 14.4 Å². The summed E-state index contributed by atoms with van der Waals surface area (Å²) in [4.78, 5) is 40.7. The first-order valence-corrected chi connectivity index (χ1v) is 7.56. The van der Waals surface area contributed by atoms with E-state index in [-0.39, 0.29) is 30.3 Å². The zero-order chi connectivity index (χ0) is 15.1. The summed E-state index contributed by atoms with van der Waals surface area (Å²) in [5.41, 5.74) is 0. The summed E-state index contributed by atoms with van der Waals surface area (Å²) in [7, 11) is 0. The van der Waals surface area contributed by atoms with Crippen LogP contribution in [0.1, 0.15) is 26.2 Å². The average Bonchev–Trinajstić information content (AvgIpc) is 3.24. The third-order valence-corrected chi connectivity index (χ3v) is 4.77. The van der Waals surface area contributed by atoms with Gasteiger partial charge in [0.05, 0.1) is 12.5 Å². The van der Waals surface area contributed by atoms with Crippen LogP contribution in [0, 0.1) is 0 Å². The Morgan fingerprint density at radius 2 is 1.81 bits per heavy atom. The number of aliphatic carboxylic acids is 1. The van der Waals surface area contributed by atoms with Crippen LogP contribution in [0.2, 0.25) is 0 Å². The van der Waals surface area contributed by atoms with Crippen LogP contribution >= 0.6 is 0 Å². The van der Waals surface area contributed by atoms with Crippen LogP contribution in [0.25, 0.3) is 0 Å². The number of nitrogens with zero attached hydrogens (tertiary/aromatic N) is 3. The van der Waals surface area contributed by atoms with Gasteiger partial charge in [0.15, 0.2) is 0 Å². The lowest BCUT2D eigenvalue weighted by atomic mass is 10.1. The van der Waals surface area contributed by atoms with Gasteiger partial charge in [-0.15, -0.1) is 0 Å². The third-order valence-electron chi connectivity index (χ3n) is 4.77. The van der Waals surface area contributed by atoms with Crippen LogP contribution in [0.5, 0.6) is 0 Å². The Hall–Kier alpha value is -1.47. The highest BCUT2D eigenvalue weighted by molar-refractivity contribution is 6.06. The predicted molar refractivity (Wildman–Crippen MR) is 73.5 cm³/mol. The molecule has 1 N–H and O–H groups in total. The molecule has 116 valence electrons. The molecule has 3 fully saturated rings. The minimum Gasteiger partial charge on any atom is -0.480 e. The normalized spacial score (nSPS) is 30.0. The second kappa shape index (κ2) is 5.38. The van der Waals surface area contributed by atoms with Crippen molar-refractivity contribution in [2.45, 2.75) is 44.3 Å². The van der Waals surface area contributed by atoms with Gasteiger partial charge in [-0.2, -0.15) is 0 Å². The molecular weight excluding hydrogens is 274 g/mol. The molecule has 0 aromatic heterocycles. The second-order valence-corrected chi connectivity index (χ2v) is 6.14. The number of imide groups is 1. The molecule has 2 unspecified atom stereocenters. The van der Waals surface area contributed by atoms with Gasteiger partial charge in [-0.1, -0.05) is 0 Å². The molecule has 1 aliphatic carbocycles. The first kappa shape index (κ1) is 14.5. The highest BCUT2D eigenvalue weighted by Crippen LogP contribution is 2.33. The molecule has 2 heterocycles. The molecule has 1 saturated carbocycles. The van der Waals surface area contributed by atoms with E-state index in [2.05, 4.69) is 0 Å². The molecule has 2 atom stereocenters. The smallest absolute Gasteiger partial charge is 0.320 e. The summed E-state index contributed by atoms with van der Waals surface area (Å²) in [6, 6.07) is -0.695. The molecule has 0 bridgehead atoms. The van der Waals surface area contributed by atoms with Crippen LogP contribution in [0.3, 0.4) is 0 Å². The largest absolute Gasteiger partial charge is 0.480 e. The number of rotatable bonds is 4. The number of carbonyl (C=O) groups excluding carboxylic acids is 2. The van der Waals surface area contributed by atoms with Crippen molar-refractivity contribution in [1.29, 1.82) is 0 Å². The minimum absolute atomic E-state index is 0.0474. The standard InChI is InChI=1S/C14H21N3O4/c1-9(14(20)21)15-4-6-16(7-5-15)11-8-12(18)17(13(11)19)10-2-3-10/h9-11H,2-8H2,1H3,(H,20,21). The molecule has 7 nitrogen and oxygen atoms in total. The van der Waals surface area contributed by atoms with Gasteiger partial charge < -0.3 is 5.11 Å².